The predicted molar refractivity (Wildman–Crippen MR) is 226 cm³/mol. The van der Waals surface area contributed by atoms with Crippen LogP contribution in [0.5, 0.6) is 17.2 Å². The summed E-state index contributed by atoms with van der Waals surface area (Å²) in [4.78, 5) is 53.4. The monoisotopic (exact) mass is 823 g/mol. The fourth-order valence-electron chi connectivity index (χ4n) is 8.42. The molecule has 1 amide bonds. The van der Waals surface area contributed by atoms with E-state index in [1.165, 1.54) is 29.8 Å². The minimum absolute atomic E-state index is 0.0188. The van der Waals surface area contributed by atoms with Crippen molar-refractivity contribution in [2.75, 3.05) is 20.8 Å². The Morgan fingerprint density at radius 3 is 2.23 bits per heavy atom. The highest BCUT2D eigenvalue weighted by Crippen LogP contribution is 2.65. The van der Waals surface area contributed by atoms with Gasteiger partial charge in [-0.1, -0.05) is 48.5 Å². The molecular formula is C48H41NO10S. The van der Waals surface area contributed by atoms with E-state index in [1.54, 1.807) is 31.4 Å². The van der Waals surface area contributed by atoms with Gasteiger partial charge in [-0.15, -0.1) is 11.8 Å². The number of hydrogen-bond acceptors (Lipinski definition) is 10. The first kappa shape index (κ1) is 39.1. The van der Waals surface area contributed by atoms with E-state index >= 15 is 0 Å². The molecule has 2 atom stereocenters. The van der Waals surface area contributed by atoms with E-state index in [-0.39, 0.29) is 43.0 Å². The van der Waals surface area contributed by atoms with Crippen LogP contribution in [-0.4, -0.2) is 64.2 Å². The lowest BCUT2D eigenvalue weighted by Gasteiger charge is -2.57. The second kappa shape index (κ2) is 15.3. The molecule has 11 nitrogen and oxygen atoms in total. The van der Waals surface area contributed by atoms with Crippen LogP contribution in [0, 0.1) is 6.92 Å². The Labute approximate surface area is 349 Å². The molecule has 12 heteroatoms. The number of carboxylic acid groups (broad SMARTS) is 1. The fourth-order valence-corrected chi connectivity index (χ4v) is 10.3. The Balaban J connectivity index is 0.898. The number of methoxy groups -OCH3 is 2. The minimum Gasteiger partial charge on any atom is -0.497 e. The van der Waals surface area contributed by atoms with Gasteiger partial charge in [0.1, 0.15) is 58.7 Å². The molecule has 1 spiro atoms. The van der Waals surface area contributed by atoms with Crippen molar-refractivity contribution >= 4 is 40.4 Å². The van der Waals surface area contributed by atoms with Gasteiger partial charge in [0, 0.05) is 58.9 Å². The maximum Gasteiger partial charge on any atom is 0.352 e. The lowest BCUT2D eigenvalue weighted by atomic mass is 9.83. The van der Waals surface area contributed by atoms with E-state index < -0.39 is 27.6 Å². The highest BCUT2D eigenvalue weighted by atomic mass is 32.2. The molecule has 2 aliphatic carbocycles. The molecule has 5 aliphatic rings. The van der Waals surface area contributed by atoms with Crippen LogP contribution in [0.2, 0.25) is 0 Å². The SMILES string of the molecule is COc1ccc(-c2c3ccc(=O)cc-3oc3cc(OCc4ccc(OCC5=C(C(=O)O)N6C(=O)[C@](CC(=O)Cc7ccccc7)(OC)[C@H]6SC56CC6)cc4)ccc23)c(C)c1. The Morgan fingerprint density at radius 1 is 0.817 bits per heavy atom. The average molecular weight is 824 g/mol. The normalized spacial score (nSPS) is 18.9. The van der Waals surface area contributed by atoms with Crippen LogP contribution in [0.3, 0.4) is 0 Å². The number of ketones is 1. The molecule has 9 rings (SSSR count). The van der Waals surface area contributed by atoms with E-state index in [1.807, 2.05) is 85.8 Å². The van der Waals surface area contributed by atoms with Crippen LogP contribution in [0.25, 0.3) is 33.4 Å². The van der Waals surface area contributed by atoms with Crippen molar-refractivity contribution in [3.05, 3.63) is 147 Å². The molecule has 3 heterocycles. The summed E-state index contributed by atoms with van der Waals surface area (Å²) >= 11 is 1.49. The van der Waals surface area contributed by atoms with Crippen molar-refractivity contribution in [1.82, 2.24) is 4.90 Å². The van der Waals surface area contributed by atoms with Gasteiger partial charge >= 0.3 is 5.97 Å². The number of thioether (sulfide) groups is 1. The third kappa shape index (κ3) is 6.89. The molecule has 4 aromatic rings. The lowest BCUT2D eigenvalue weighted by molar-refractivity contribution is -0.186. The van der Waals surface area contributed by atoms with E-state index in [0.29, 0.717) is 28.4 Å². The molecule has 4 aromatic carbocycles. The second-order valence-corrected chi connectivity index (χ2v) is 16.9. The number of fused-ring (bicyclic) bond motifs is 3. The average Bonchev–Trinajstić information content (AvgIpc) is 4.03. The highest BCUT2D eigenvalue weighted by Gasteiger charge is 2.71. The van der Waals surface area contributed by atoms with Gasteiger partial charge in [-0.3, -0.25) is 19.3 Å². The molecular weight excluding hydrogens is 783 g/mol. The maximum absolute atomic E-state index is 13.8. The zero-order valence-electron chi connectivity index (χ0n) is 33.2. The first-order valence-corrected chi connectivity index (χ1v) is 20.5. The highest BCUT2D eigenvalue weighted by molar-refractivity contribution is 8.02. The summed E-state index contributed by atoms with van der Waals surface area (Å²) in [5.41, 5.74) is 4.93. The van der Waals surface area contributed by atoms with Crippen molar-refractivity contribution < 1.29 is 42.9 Å². The molecule has 3 aliphatic heterocycles. The van der Waals surface area contributed by atoms with Crippen LogP contribution in [0.15, 0.2) is 130 Å². The van der Waals surface area contributed by atoms with Crippen molar-refractivity contribution in [3.63, 3.8) is 0 Å². The minimum atomic E-state index is -1.44. The van der Waals surface area contributed by atoms with Gasteiger partial charge in [0.25, 0.3) is 5.91 Å². The third-order valence-corrected chi connectivity index (χ3v) is 13.6. The van der Waals surface area contributed by atoms with Crippen LogP contribution < -0.4 is 19.6 Å². The topological polar surface area (TPSA) is 142 Å². The second-order valence-electron chi connectivity index (χ2n) is 15.4. The number of benzene rings is 5. The molecule has 304 valence electrons. The summed E-state index contributed by atoms with van der Waals surface area (Å²) in [6.07, 6.45) is 1.46. The van der Waals surface area contributed by atoms with Gasteiger partial charge in [0.15, 0.2) is 11.0 Å². The quantitative estimate of drug-likeness (QED) is 0.0839. The maximum atomic E-state index is 13.8. The van der Waals surface area contributed by atoms with Crippen molar-refractivity contribution in [1.29, 1.82) is 0 Å². The zero-order valence-corrected chi connectivity index (χ0v) is 34.0. The molecule has 1 N–H and O–H groups in total. The number of hydrogen-bond donors (Lipinski definition) is 1. The number of carbonyl (C=O) groups is 3. The fraction of sp³-hybridized carbons (Fsp3) is 0.250. The summed E-state index contributed by atoms with van der Waals surface area (Å²) in [6, 6.07) is 33.1. The summed E-state index contributed by atoms with van der Waals surface area (Å²) in [7, 11) is 3.05. The Kier molecular flexibility index (Phi) is 10.00. The largest absolute Gasteiger partial charge is 0.497 e. The van der Waals surface area contributed by atoms with Crippen molar-refractivity contribution in [2.24, 2.45) is 0 Å². The van der Waals surface area contributed by atoms with Gasteiger partial charge in [-0.05, 0) is 90.6 Å². The lowest BCUT2D eigenvalue weighted by Crippen LogP contribution is -2.75. The molecule has 0 unspecified atom stereocenters. The number of ether oxygens (including phenoxy) is 4. The van der Waals surface area contributed by atoms with E-state index in [9.17, 15) is 24.3 Å². The first-order chi connectivity index (χ1) is 29.0. The zero-order chi connectivity index (χ0) is 41.8. The number of amides is 1. The molecule has 0 bridgehead atoms. The van der Waals surface area contributed by atoms with Crippen LogP contribution >= 0.6 is 11.8 Å². The van der Waals surface area contributed by atoms with E-state index in [0.717, 1.165) is 57.4 Å². The Morgan fingerprint density at radius 2 is 1.53 bits per heavy atom. The summed E-state index contributed by atoms with van der Waals surface area (Å²) < 4.78 is 29.4. The summed E-state index contributed by atoms with van der Waals surface area (Å²) in [6.45, 7) is 2.25. The summed E-state index contributed by atoms with van der Waals surface area (Å²) in [5, 5.41) is 10.7. The number of aliphatic carboxylic acids is 1. The predicted octanol–water partition coefficient (Wildman–Crippen LogP) is 8.21. The molecule has 60 heavy (non-hydrogen) atoms. The Bertz CT molecular complexity index is 2740. The number of rotatable bonds is 14. The van der Waals surface area contributed by atoms with Gasteiger partial charge in [-0.25, -0.2) is 4.79 Å². The third-order valence-electron chi connectivity index (χ3n) is 11.7. The number of carboxylic acids is 1. The molecule has 2 fully saturated rings. The van der Waals surface area contributed by atoms with Crippen LogP contribution in [-0.2, 0) is 32.1 Å². The number of β-lactam (4-membered cyclic amide) rings is 1. The first-order valence-electron chi connectivity index (χ1n) is 19.6. The van der Waals surface area contributed by atoms with E-state index in [2.05, 4.69) is 0 Å². The van der Waals surface area contributed by atoms with E-state index in [4.69, 9.17) is 23.4 Å². The van der Waals surface area contributed by atoms with Crippen molar-refractivity contribution in [2.45, 2.75) is 54.9 Å². The van der Waals surface area contributed by atoms with Crippen LogP contribution in [0.1, 0.15) is 36.0 Å². The van der Waals surface area contributed by atoms with Gasteiger partial charge in [0.05, 0.1) is 7.11 Å². The van der Waals surface area contributed by atoms with Gasteiger partial charge in [0.2, 0.25) is 0 Å². The smallest absolute Gasteiger partial charge is 0.352 e. The Hall–Kier alpha value is -6.37. The molecule has 1 saturated carbocycles. The molecule has 0 aromatic heterocycles. The number of nitrogens with zero attached hydrogens (tertiary/aromatic N) is 1. The number of aryl methyl sites for hydroxylation is 1. The number of carbonyl (C=O) groups excluding carboxylic acids is 2. The number of Topliss-reactive ketones (excluding diaryl/α,β-unsaturated/α-hetero) is 1. The molecule has 0 radical (unpaired) electrons. The standard InChI is InChI=1S/C48H41NO10S/c1-28-21-34(55-2)14-17-36(28)42-37-16-11-31(50)23-40(37)59-41-24-35(15-18-38(41)42)57-26-30-9-12-33(13-10-30)58-27-39-43(44(52)53)49-45(54)48(56-3,46(49)60-47(39)19-20-47)25-32(51)22-29-7-5-4-6-8-29/h4-18,21,23-24,46H,19-20,22,25-27H2,1-3H3,(H,52,53)/t46-,48+/m1/s1. The van der Waals surface area contributed by atoms with Gasteiger partial charge in [-0.2, -0.15) is 0 Å². The summed E-state index contributed by atoms with van der Waals surface area (Å²) in [5.74, 6) is 0.438. The van der Waals surface area contributed by atoms with Crippen LogP contribution in [0.4, 0.5) is 0 Å². The van der Waals surface area contributed by atoms with Crippen molar-refractivity contribution in [3.8, 4) is 39.7 Å². The van der Waals surface area contributed by atoms with Gasteiger partial charge < -0.3 is 28.5 Å². The molecule has 1 saturated heterocycles.